The number of quaternary nitrogens is 1. The van der Waals surface area contributed by atoms with Gasteiger partial charge in [-0.2, -0.15) is 0 Å². The minimum atomic E-state index is -1.56. The number of rotatable bonds is 4. The van der Waals surface area contributed by atoms with Crippen LogP contribution in [0.25, 0.3) is 0 Å². The summed E-state index contributed by atoms with van der Waals surface area (Å²) in [6, 6.07) is -1.50. The van der Waals surface area contributed by atoms with Gasteiger partial charge in [-0.15, -0.1) is 0 Å². The van der Waals surface area contributed by atoms with E-state index in [1.54, 1.807) is 19.9 Å². The summed E-state index contributed by atoms with van der Waals surface area (Å²) < 4.78 is -0.183. The van der Waals surface area contributed by atoms with Crippen LogP contribution < -0.4 is 5.11 Å². The van der Waals surface area contributed by atoms with E-state index in [2.05, 4.69) is 0 Å². The molecule has 0 aliphatic carbocycles. The van der Waals surface area contributed by atoms with Crippen LogP contribution in [0.15, 0.2) is 11.6 Å². The first-order valence-electron chi connectivity index (χ1n) is 5.06. The number of aliphatic carboxylic acids is 3. The quantitative estimate of drug-likeness (QED) is 0.378. The maximum atomic E-state index is 10.4. The second-order valence-electron chi connectivity index (χ2n) is 4.45. The number of hydrogen-bond acceptors (Lipinski definition) is 4. The number of allylic oxidation sites excluding steroid dienone is 1. The zero-order valence-corrected chi connectivity index (χ0v) is 11.1. The fourth-order valence-corrected chi connectivity index (χ4v) is 0.872. The third kappa shape index (κ3) is 7.39. The molecule has 0 aliphatic rings. The lowest BCUT2D eigenvalue weighted by molar-refractivity contribution is -0.880. The second-order valence-corrected chi connectivity index (χ2v) is 4.45. The third-order valence-corrected chi connectivity index (χ3v) is 2.00. The first-order valence-corrected chi connectivity index (χ1v) is 5.06. The lowest BCUT2D eigenvalue weighted by atomic mass is 10.2. The number of carboxylic acids is 3. The average molecular weight is 261 g/mol. The Labute approximate surface area is 106 Å². The summed E-state index contributed by atoms with van der Waals surface area (Å²) in [7, 11) is 4.44. The molecule has 7 nitrogen and oxygen atoms in total. The van der Waals surface area contributed by atoms with E-state index in [4.69, 9.17) is 10.2 Å². The van der Waals surface area contributed by atoms with Crippen LogP contribution in [-0.2, 0) is 14.4 Å². The molecule has 1 atom stereocenters. The van der Waals surface area contributed by atoms with Crippen LogP contribution in [0.4, 0.5) is 0 Å². The molecule has 104 valence electrons. The lowest BCUT2D eigenvalue weighted by Gasteiger charge is -2.31. The van der Waals surface area contributed by atoms with Crippen LogP contribution in [0.1, 0.15) is 13.8 Å². The highest BCUT2D eigenvalue weighted by Crippen LogP contribution is 2.01. The van der Waals surface area contributed by atoms with E-state index in [9.17, 15) is 19.5 Å². The molecule has 0 bridgehead atoms. The predicted molar refractivity (Wildman–Crippen MR) is 61.5 cm³/mol. The molecule has 18 heavy (non-hydrogen) atoms. The Kier molecular flexibility index (Phi) is 7.63. The minimum Gasteiger partial charge on any atom is -0.543 e. The van der Waals surface area contributed by atoms with Gasteiger partial charge in [-0.05, 0) is 13.8 Å². The van der Waals surface area contributed by atoms with Crippen molar-refractivity contribution < 1.29 is 34.2 Å². The number of carboxylic acid groups (broad SMARTS) is 3. The van der Waals surface area contributed by atoms with Gasteiger partial charge in [0.1, 0.15) is 5.97 Å². The van der Waals surface area contributed by atoms with Gasteiger partial charge in [0.25, 0.3) is 0 Å². The summed E-state index contributed by atoms with van der Waals surface area (Å²) in [5, 5.41) is 26.8. The maximum absolute atomic E-state index is 10.4. The van der Waals surface area contributed by atoms with E-state index >= 15 is 0 Å². The molecule has 0 aromatic heterocycles. The highest BCUT2D eigenvalue weighted by atomic mass is 16.4. The highest BCUT2D eigenvalue weighted by Gasteiger charge is 2.32. The number of likely N-dealkylation sites (N-methyl/N-ethyl adjacent to an activating group) is 1. The number of nitrogens with zero attached hydrogens (tertiary/aromatic N) is 1. The van der Waals surface area contributed by atoms with Crippen molar-refractivity contribution in [2.24, 2.45) is 0 Å². The van der Waals surface area contributed by atoms with Crippen LogP contribution in [0.5, 0.6) is 0 Å². The van der Waals surface area contributed by atoms with E-state index in [-0.39, 0.29) is 4.48 Å². The highest BCUT2D eigenvalue weighted by molar-refractivity contribution is 5.94. The molecule has 0 spiro atoms. The fraction of sp³-hybridized carbons (Fsp3) is 0.545. The molecule has 0 aromatic carbocycles. The van der Waals surface area contributed by atoms with Crippen molar-refractivity contribution in [1.29, 1.82) is 0 Å². The summed E-state index contributed by atoms with van der Waals surface area (Å²) in [4.78, 5) is 30.5. The Morgan fingerprint density at radius 2 is 1.56 bits per heavy atom. The third-order valence-electron chi connectivity index (χ3n) is 2.00. The van der Waals surface area contributed by atoms with Gasteiger partial charge < -0.3 is 24.6 Å². The summed E-state index contributed by atoms with van der Waals surface area (Å²) in [6.45, 7) is 3.26. The number of hydrogen-bond donors (Lipinski definition) is 2. The molecule has 0 amide bonds. The van der Waals surface area contributed by atoms with Crippen LogP contribution >= 0.6 is 0 Å². The first kappa shape index (κ1) is 18.5. The van der Waals surface area contributed by atoms with Gasteiger partial charge in [0.15, 0.2) is 0 Å². The molecule has 0 rings (SSSR count). The van der Waals surface area contributed by atoms with Gasteiger partial charge in [0, 0.05) is 5.57 Å². The normalized spacial score (nSPS) is 13.1. The van der Waals surface area contributed by atoms with Crippen molar-refractivity contribution in [2.45, 2.75) is 19.9 Å². The van der Waals surface area contributed by atoms with E-state index in [1.165, 1.54) is 21.1 Å². The molecule has 0 saturated carbocycles. The molecule has 0 radical (unpaired) electrons. The molecule has 1 unspecified atom stereocenters. The average Bonchev–Trinajstić information content (AvgIpc) is 2.13. The predicted octanol–water partition coefficient (Wildman–Crippen LogP) is -1.07. The Bertz CT molecular complexity index is 339. The van der Waals surface area contributed by atoms with Gasteiger partial charge in [0.05, 0.1) is 21.1 Å². The number of carbonyl (C=O) groups excluding carboxylic acids is 1. The zero-order chi connectivity index (χ0) is 15.1. The zero-order valence-electron chi connectivity index (χ0n) is 11.1. The SMILES string of the molecule is C/C=C(\C)C(=O)O.C[N+](C)(C)C(C(=O)[O-])C(=O)O. The monoisotopic (exact) mass is 261 g/mol. The van der Waals surface area contributed by atoms with Gasteiger partial charge in [-0.1, -0.05) is 6.08 Å². The first-order chi connectivity index (χ1) is 7.95. The summed E-state index contributed by atoms with van der Waals surface area (Å²) >= 11 is 0. The lowest BCUT2D eigenvalue weighted by Crippen LogP contribution is -2.58. The Hall–Kier alpha value is -1.89. The van der Waals surface area contributed by atoms with Crippen LogP contribution in [0, 0.1) is 0 Å². The molecule has 0 aliphatic heterocycles. The largest absolute Gasteiger partial charge is 0.543 e. The number of carbonyl (C=O) groups is 3. The molecule has 0 aromatic rings. The Balaban J connectivity index is 0. The van der Waals surface area contributed by atoms with Crippen LogP contribution in [-0.4, -0.2) is 59.8 Å². The van der Waals surface area contributed by atoms with Crippen LogP contribution in [0.3, 0.4) is 0 Å². The van der Waals surface area contributed by atoms with Crippen molar-refractivity contribution in [3.05, 3.63) is 11.6 Å². The van der Waals surface area contributed by atoms with E-state index in [0.717, 1.165) is 0 Å². The molecule has 0 heterocycles. The molecular weight excluding hydrogens is 242 g/mol. The van der Waals surface area contributed by atoms with Crippen molar-refractivity contribution in [3.63, 3.8) is 0 Å². The molecule has 7 heteroatoms. The van der Waals surface area contributed by atoms with Gasteiger partial charge >= 0.3 is 11.9 Å². The van der Waals surface area contributed by atoms with Crippen molar-refractivity contribution in [3.8, 4) is 0 Å². The molecule has 2 N–H and O–H groups in total. The van der Waals surface area contributed by atoms with Crippen molar-refractivity contribution >= 4 is 17.9 Å². The van der Waals surface area contributed by atoms with Gasteiger partial charge in [-0.25, -0.2) is 9.59 Å². The standard InChI is InChI=1S/C6H11NO4.C5H8O2/c1-7(2,3)4(5(8)9)6(10)11;1-3-4(2)5(6)7/h4H,1-3H3,(H-,8,9,10,11);3H,1-2H3,(H,6,7)/b;4-3+. The van der Waals surface area contributed by atoms with Gasteiger partial charge in [-0.3, -0.25) is 0 Å². The topological polar surface area (TPSA) is 115 Å². The Morgan fingerprint density at radius 1 is 1.17 bits per heavy atom. The van der Waals surface area contributed by atoms with Gasteiger partial charge in [0.2, 0.25) is 6.04 Å². The van der Waals surface area contributed by atoms with Crippen molar-refractivity contribution in [2.75, 3.05) is 21.1 Å². The minimum absolute atomic E-state index is 0.183. The summed E-state index contributed by atoms with van der Waals surface area (Å²) in [5.74, 6) is -3.79. The molecule has 0 saturated heterocycles. The maximum Gasteiger partial charge on any atom is 0.368 e. The molecular formula is C11H19NO6. The smallest absolute Gasteiger partial charge is 0.368 e. The fourth-order valence-electron chi connectivity index (χ4n) is 0.872. The van der Waals surface area contributed by atoms with E-state index < -0.39 is 23.9 Å². The summed E-state index contributed by atoms with van der Waals surface area (Å²) in [5.41, 5.74) is 0.389. The van der Waals surface area contributed by atoms with Crippen LogP contribution in [0.2, 0.25) is 0 Å². The second kappa shape index (κ2) is 7.44. The summed E-state index contributed by atoms with van der Waals surface area (Å²) in [6.07, 6.45) is 1.56. The van der Waals surface area contributed by atoms with Crippen molar-refractivity contribution in [1.82, 2.24) is 0 Å². The molecule has 0 fully saturated rings. The van der Waals surface area contributed by atoms with E-state index in [0.29, 0.717) is 5.57 Å². The Morgan fingerprint density at radius 3 is 1.56 bits per heavy atom. The van der Waals surface area contributed by atoms with E-state index in [1.807, 2.05) is 0 Å².